The molecule has 0 heterocycles. The maximum atomic E-state index is 11.9. The highest BCUT2D eigenvalue weighted by Gasteiger charge is 2.11. The minimum Gasteiger partial charge on any atom is -0.506 e. The van der Waals surface area contributed by atoms with Crippen molar-refractivity contribution >= 4 is 29.0 Å². The zero-order chi connectivity index (χ0) is 15.2. The molecule has 0 aromatic heterocycles. The molecule has 2 aromatic rings. The Bertz CT molecular complexity index is 656. The number of hydrogen-bond donors (Lipinski definition) is 2. The third-order valence-corrected chi connectivity index (χ3v) is 3.14. The Balaban J connectivity index is 1.91. The lowest BCUT2D eigenvalue weighted by molar-refractivity contribution is -0.116. The zero-order valence-electron chi connectivity index (χ0n) is 11.2. The molecule has 0 aliphatic heterocycles. The summed E-state index contributed by atoms with van der Waals surface area (Å²) in [7, 11) is 0. The highest BCUT2D eigenvalue weighted by atomic mass is 35.5. The van der Waals surface area contributed by atoms with Gasteiger partial charge in [0.1, 0.15) is 5.75 Å². The average molecular weight is 304 g/mol. The first-order valence-electron chi connectivity index (χ1n) is 6.43. The summed E-state index contributed by atoms with van der Waals surface area (Å²) >= 11 is 5.79. The molecule has 0 bridgehead atoms. The Morgan fingerprint density at radius 3 is 2.48 bits per heavy atom. The number of carbonyl (C=O) groups excluding carboxylic acids is 2. The Morgan fingerprint density at radius 1 is 1.05 bits per heavy atom. The van der Waals surface area contributed by atoms with Crippen LogP contribution >= 0.6 is 11.6 Å². The number of phenolic OH excluding ortho intramolecular Hbond substituents is 1. The Kier molecular flexibility index (Phi) is 4.95. The van der Waals surface area contributed by atoms with Crippen molar-refractivity contribution in [1.82, 2.24) is 0 Å². The van der Waals surface area contributed by atoms with Gasteiger partial charge in [-0.15, -0.1) is 0 Å². The van der Waals surface area contributed by atoms with Gasteiger partial charge in [-0.2, -0.15) is 0 Å². The zero-order valence-corrected chi connectivity index (χ0v) is 11.9. The molecule has 0 saturated heterocycles. The number of carbonyl (C=O) groups is 2. The first kappa shape index (κ1) is 15.1. The number of Topliss-reactive ketones (excluding diaryl/α,β-unsaturated/α-hetero) is 1. The van der Waals surface area contributed by atoms with Crippen molar-refractivity contribution in [3.8, 4) is 5.75 Å². The highest BCUT2D eigenvalue weighted by molar-refractivity contribution is 6.31. The van der Waals surface area contributed by atoms with Crippen molar-refractivity contribution in [1.29, 1.82) is 0 Å². The van der Waals surface area contributed by atoms with E-state index in [1.807, 2.05) is 6.07 Å². The van der Waals surface area contributed by atoms with E-state index in [1.54, 1.807) is 24.3 Å². The van der Waals surface area contributed by atoms with Crippen LogP contribution in [0.3, 0.4) is 0 Å². The molecular formula is C16H14ClNO3. The van der Waals surface area contributed by atoms with E-state index in [9.17, 15) is 14.7 Å². The molecule has 0 atom stereocenters. The van der Waals surface area contributed by atoms with E-state index < -0.39 is 0 Å². The summed E-state index contributed by atoms with van der Waals surface area (Å²) in [4.78, 5) is 23.7. The summed E-state index contributed by atoms with van der Waals surface area (Å²) in [5, 5.41) is 12.5. The third-order valence-electron chi connectivity index (χ3n) is 2.91. The van der Waals surface area contributed by atoms with Gasteiger partial charge in [0, 0.05) is 23.4 Å². The molecule has 0 fully saturated rings. The summed E-state index contributed by atoms with van der Waals surface area (Å²) in [6.45, 7) is 0. The third kappa shape index (κ3) is 4.33. The summed E-state index contributed by atoms with van der Waals surface area (Å²) in [6, 6.07) is 13.2. The molecule has 4 nitrogen and oxygen atoms in total. The highest BCUT2D eigenvalue weighted by Crippen LogP contribution is 2.26. The molecule has 0 aliphatic rings. The molecule has 1 amide bonds. The van der Waals surface area contributed by atoms with Crippen molar-refractivity contribution < 1.29 is 14.7 Å². The second-order valence-corrected chi connectivity index (χ2v) is 4.94. The maximum Gasteiger partial charge on any atom is 0.224 e. The van der Waals surface area contributed by atoms with Crippen molar-refractivity contribution in [2.75, 3.05) is 5.32 Å². The number of nitrogens with one attached hydrogen (secondary N) is 1. The molecular weight excluding hydrogens is 290 g/mol. The van der Waals surface area contributed by atoms with Crippen LogP contribution in [0.25, 0.3) is 0 Å². The quantitative estimate of drug-likeness (QED) is 0.654. The van der Waals surface area contributed by atoms with E-state index in [0.29, 0.717) is 10.6 Å². The molecule has 2 aromatic carbocycles. The molecule has 108 valence electrons. The standard InChI is InChI=1S/C16H14ClNO3/c17-12-6-7-15(20)13(10-12)18-16(21)9-8-14(19)11-4-2-1-3-5-11/h1-7,10,20H,8-9H2,(H,18,21). The summed E-state index contributed by atoms with van der Waals surface area (Å²) in [5.41, 5.74) is 0.815. The van der Waals surface area contributed by atoms with Crippen LogP contribution in [0.1, 0.15) is 23.2 Å². The second kappa shape index (κ2) is 6.90. The van der Waals surface area contributed by atoms with E-state index >= 15 is 0 Å². The number of anilines is 1. The van der Waals surface area contributed by atoms with Gasteiger partial charge in [-0.25, -0.2) is 0 Å². The fraction of sp³-hybridized carbons (Fsp3) is 0.125. The van der Waals surface area contributed by atoms with E-state index in [-0.39, 0.29) is 36.0 Å². The van der Waals surface area contributed by atoms with Crippen molar-refractivity contribution in [3.05, 3.63) is 59.1 Å². The van der Waals surface area contributed by atoms with E-state index in [2.05, 4.69) is 5.32 Å². The van der Waals surface area contributed by atoms with Gasteiger partial charge in [0.2, 0.25) is 5.91 Å². The largest absolute Gasteiger partial charge is 0.506 e. The van der Waals surface area contributed by atoms with Gasteiger partial charge in [-0.3, -0.25) is 9.59 Å². The molecule has 21 heavy (non-hydrogen) atoms. The number of ketones is 1. The minimum atomic E-state index is -0.350. The first-order valence-corrected chi connectivity index (χ1v) is 6.80. The van der Waals surface area contributed by atoms with Crippen molar-refractivity contribution in [2.45, 2.75) is 12.8 Å². The number of hydrogen-bond acceptors (Lipinski definition) is 3. The molecule has 0 spiro atoms. The number of amides is 1. The van der Waals surface area contributed by atoms with Gasteiger partial charge in [0.25, 0.3) is 0 Å². The molecule has 5 heteroatoms. The fourth-order valence-corrected chi connectivity index (χ4v) is 1.99. The Morgan fingerprint density at radius 2 is 1.76 bits per heavy atom. The van der Waals surface area contributed by atoms with Gasteiger partial charge >= 0.3 is 0 Å². The van der Waals surface area contributed by atoms with Crippen LogP contribution in [0.5, 0.6) is 5.75 Å². The lowest BCUT2D eigenvalue weighted by atomic mass is 10.1. The predicted molar refractivity (Wildman–Crippen MR) is 81.8 cm³/mol. The lowest BCUT2D eigenvalue weighted by Crippen LogP contribution is -2.13. The average Bonchev–Trinajstić information content (AvgIpc) is 2.49. The van der Waals surface area contributed by atoms with Crippen molar-refractivity contribution in [3.63, 3.8) is 0 Å². The van der Waals surface area contributed by atoms with Crippen LogP contribution in [0.2, 0.25) is 5.02 Å². The van der Waals surface area contributed by atoms with Crippen molar-refractivity contribution in [2.24, 2.45) is 0 Å². The summed E-state index contributed by atoms with van der Waals surface area (Å²) < 4.78 is 0. The molecule has 0 saturated carbocycles. The van der Waals surface area contributed by atoms with Gasteiger partial charge in [-0.05, 0) is 18.2 Å². The topological polar surface area (TPSA) is 66.4 Å². The van der Waals surface area contributed by atoms with Crippen LogP contribution in [0, 0.1) is 0 Å². The van der Waals surface area contributed by atoms with Crippen LogP contribution < -0.4 is 5.32 Å². The summed E-state index contributed by atoms with van der Waals surface area (Å²) in [5.74, 6) is -0.514. The Hall–Kier alpha value is -2.33. The maximum absolute atomic E-state index is 11.9. The summed E-state index contributed by atoms with van der Waals surface area (Å²) in [6.07, 6.45) is 0.150. The monoisotopic (exact) mass is 303 g/mol. The normalized spacial score (nSPS) is 10.1. The van der Waals surface area contributed by atoms with E-state index in [0.717, 1.165) is 0 Å². The van der Waals surface area contributed by atoms with Gasteiger partial charge in [0.15, 0.2) is 5.78 Å². The number of phenols is 1. The van der Waals surface area contributed by atoms with Gasteiger partial charge < -0.3 is 10.4 Å². The number of benzene rings is 2. The van der Waals surface area contributed by atoms with Crippen LogP contribution in [0.15, 0.2) is 48.5 Å². The van der Waals surface area contributed by atoms with Crippen LogP contribution in [0.4, 0.5) is 5.69 Å². The lowest BCUT2D eigenvalue weighted by Gasteiger charge is -2.07. The SMILES string of the molecule is O=C(CCC(=O)c1ccccc1)Nc1cc(Cl)ccc1O. The molecule has 2 N–H and O–H groups in total. The molecule has 0 aliphatic carbocycles. The fourth-order valence-electron chi connectivity index (χ4n) is 1.82. The van der Waals surface area contributed by atoms with Crippen LogP contribution in [-0.4, -0.2) is 16.8 Å². The molecule has 2 rings (SSSR count). The second-order valence-electron chi connectivity index (χ2n) is 4.50. The van der Waals surface area contributed by atoms with Gasteiger partial charge in [-0.1, -0.05) is 41.9 Å². The number of rotatable bonds is 5. The predicted octanol–water partition coefficient (Wildman–Crippen LogP) is 3.65. The molecule has 0 unspecified atom stereocenters. The smallest absolute Gasteiger partial charge is 0.224 e. The number of halogens is 1. The Labute approximate surface area is 127 Å². The number of aromatic hydroxyl groups is 1. The van der Waals surface area contributed by atoms with Crippen LogP contribution in [-0.2, 0) is 4.79 Å². The minimum absolute atomic E-state index is 0.0414. The molecule has 0 radical (unpaired) electrons. The van der Waals surface area contributed by atoms with E-state index in [4.69, 9.17) is 11.6 Å². The first-order chi connectivity index (χ1) is 10.1. The van der Waals surface area contributed by atoms with E-state index in [1.165, 1.54) is 18.2 Å². The van der Waals surface area contributed by atoms with Gasteiger partial charge in [0.05, 0.1) is 5.69 Å².